The number of benzene rings is 3. The number of pyridine rings is 1. The molecule has 1 N–H and O–H groups in total. The van der Waals surface area contributed by atoms with E-state index in [9.17, 15) is 17.1 Å². The molecule has 186 valence electrons. The lowest BCUT2D eigenvalue weighted by Crippen LogP contribution is -2.21. The molecule has 37 heavy (non-hydrogen) atoms. The molecule has 5 aromatic rings. The molecule has 1 aliphatic rings. The lowest BCUT2D eigenvalue weighted by atomic mass is 9.88. The first kappa shape index (κ1) is 23.5. The van der Waals surface area contributed by atoms with Crippen LogP contribution in [0.2, 0.25) is 0 Å². The molecular weight excluding hydrogens is 487 g/mol. The molecule has 1 saturated carbocycles. The molecule has 2 heterocycles. The van der Waals surface area contributed by atoms with Crippen molar-refractivity contribution < 1.29 is 12.3 Å². The van der Waals surface area contributed by atoms with Crippen LogP contribution in [-0.4, -0.2) is 18.0 Å². The molecule has 6 rings (SSSR count). The maximum Gasteiger partial charge on any atom is 0.332 e. The third kappa shape index (κ3) is 3.67. The standard InChI is InChI=1S/C30H25FN2O3S/c1-4-18-11-12-22-26(13-18)32-30-28(22)29(34)25-15-23(17(2)3)24(16-27(25)33(30)20-8-6-9-20)19-7-5-10-21(14-19)37(31,35)36/h1,5,7,10-17,20,32H,6,8-9H2,2-3H3. The van der Waals surface area contributed by atoms with Gasteiger partial charge in [0.05, 0.1) is 15.8 Å². The van der Waals surface area contributed by atoms with Crippen LogP contribution in [0.1, 0.15) is 56.2 Å². The largest absolute Gasteiger partial charge is 0.340 e. The summed E-state index contributed by atoms with van der Waals surface area (Å²) in [5.41, 5.74) is 5.29. The highest BCUT2D eigenvalue weighted by atomic mass is 32.3. The first-order valence-corrected chi connectivity index (χ1v) is 13.7. The molecule has 0 amide bonds. The van der Waals surface area contributed by atoms with E-state index in [1.54, 1.807) is 12.1 Å². The maximum atomic E-state index is 14.0. The number of rotatable bonds is 4. The molecule has 0 saturated heterocycles. The van der Waals surface area contributed by atoms with Crippen LogP contribution in [0.5, 0.6) is 0 Å². The van der Waals surface area contributed by atoms with Crippen molar-refractivity contribution in [3.63, 3.8) is 0 Å². The Morgan fingerprint density at radius 1 is 1.08 bits per heavy atom. The lowest BCUT2D eigenvalue weighted by molar-refractivity contribution is 0.327. The normalized spacial score (nSPS) is 14.5. The number of nitrogens with zero attached hydrogens (tertiary/aromatic N) is 1. The zero-order chi connectivity index (χ0) is 26.1. The molecule has 0 unspecified atom stereocenters. The number of fused-ring (bicyclic) bond motifs is 4. The fourth-order valence-corrected chi connectivity index (χ4v) is 6.00. The molecule has 0 aliphatic heterocycles. The van der Waals surface area contributed by atoms with Gasteiger partial charge in [-0.2, -0.15) is 8.42 Å². The molecule has 0 bridgehead atoms. The molecule has 0 radical (unpaired) electrons. The Hall–Kier alpha value is -3.89. The Morgan fingerprint density at radius 3 is 2.51 bits per heavy atom. The molecule has 2 aromatic heterocycles. The van der Waals surface area contributed by atoms with E-state index in [0.717, 1.165) is 58.0 Å². The lowest BCUT2D eigenvalue weighted by Gasteiger charge is -2.31. The van der Waals surface area contributed by atoms with Gasteiger partial charge in [0.25, 0.3) is 0 Å². The quantitative estimate of drug-likeness (QED) is 0.213. The number of terminal acetylenes is 1. The first-order valence-electron chi connectivity index (χ1n) is 12.4. The Bertz CT molecular complexity index is 1960. The van der Waals surface area contributed by atoms with Gasteiger partial charge in [0.15, 0.2) is 5.43 Å². The summed E-state index contributed by atoms with van der Waals surface area (Å²) in [4.78, 5) is 17.1. The number of H-pyrrole nitrogens is 1. The van der Waals surface area contributed by atoms with Crippen LogP contribution in [-0.2, 0) is 10.2 Å². The average Bonchev–Trinajstić information content (AvgIpc) is 3.22. The summed E-state index contributed by atoms with van der Waals surface area (Å²) in [6.45, 7) is 4.05. The maximum absolute atomic E-state index is 14.0. The third-order valence-electron chi connectivity index (χ3n) is 7.57. The van der Waals surface area contributed by atoms with Crippen molar-refractivity contribution in [3.05, 3.63) is 75.9 Å². The molecule has 5 nitrogen and oxygen atoms in total. The van der Waals surface area contributed by atoms with Gasteiger partial charge in [-0.05, 0) is 78.3 Å². The van der Waals surface area contributed by atoms with Crippen molar-refractivity contribution in [1.29, 1.82) is 0 Å². The van der Waals surface area contributed by atoms with Crippen LogP contribution in [0.15, 0.2) is 64.3 Å². The Morgan fingerprint density at radius 2 is 1.86 bits per heavy atom. The van der Waals surface area contributed by atoms with E-state index in [1.165, 1.54) is 12.1 Å². The number of halogens is 1. The van der Waals surface area contributed by atoms with E-state index < -0.39 is 10.2 Å². The van der Waals surface area contributed by atoms with E-state index in [1.807, 2.05) is 44.2 Å². The van der Waals surface area contributed by atoms with E-state index in [-0.39, 0.29) is 22.3 Å². The zero-order valence-electron chi connectivity index (χ0n) is 20.5. The molecule has 3 aromatic carbocycles. The van der Waals surface area contributed by atoms with Crippen molar-refractivity contribution in [3.8, 4) is 23.5 Å². The second-order valence-electron chi connectivity index (χ2n) is 10.1. The molecular formula is C30H25FN2O3S. The first-order chi connectivity index (χ1) is 17.7. The topological polar surface area (TPSA) is 71.9 Å². The summed E-state index contributed by atoms with van der Waals surface area (Å²) < 4.78 is 39.3. The van der Waals surface area contributed by atoms with Crippen LogP contribution in [0.3, 0.4) is 0 Å². The highest BCUT2D eigenvalue weighted by molar-refractivity contribution is 7.86. The highest BCUT2D eigenvalue weighted by Gasteiger charge is 2.27. The third-order valence-corrected chi connectivity index (χ3v) is 8.39. The Labute approximate surface area is 214 Å². The van der Waals surface area contributed by atoms with Gasteiger partial charge in [-0.1, -0.05) is 38.0 Å². The fraction of sp³-hybridized carbons (Fsp3) is 0.233. The van der Waals surface area contributed by atoms with Crippen LogP contribution >= 0.6 is 0 Å². The second-order valence-corrected chi connectivity index (χ2v) is 11.5. The van der Waals surface area contributed by atoms with Gasteiger partial charge in [-0.3, -0.25) is 4.79 Å². The van der Waals surface area contributed by atoms with Gasteiger partial charge in [0.1, 0.15) is 5.65 Å². The molecule has 0 spiro atoms. The minimum Gasteiger partial charge on any atom is -0.340 e. The van der Waals surface area contributed by atoms with Crippen LogP contribution in [0.4, 0.5) is 3.89 Å². The summed E-state index contributed by atoms with van der Waals surface area (Å²) in [6.07, 6.45) is 8.71. The van der Waals surface area contributed by atoms with E-state index in [0.29, 0.717) is 16.3 Å². The van der Waals surface area contributed by atoms with E-state index in [2.05, 4.69) is 15.5 Å². The smallest absolute Gasteiger partial charge is 0.332 e. The van der Waals surface area contributed by atoms with Gasteiger partial charge >= 0.3 is 10.2 Å². The molecule has 1 aliphatic carbocycles. The summed E-state index contributed by atoms with van der Waals surface area (Å²) in [7, 11) is -4.86. The predicted octanol–water partition coefficient (Wildman–Crippen LogP) is 6.79. The summed E-state index contributed by atoms with van der Waals surface area (Å²) in [5.74, 6) is 2.70. The number of aromatic nitrogens is 2. The van der Waals surface area contributed by atoms with Crippen molar-refractivity contribution >= 4 is 43.1 Å². The summed E-state index contributed by atoms with van der Waals surface area (Å²) >= 11 is 0. The summed E-state index contributed by atoms with van der Waals surface area (Å²) in [5, 5.41) is 2.10. The molecule has 0 atom stereocenters. The van der Waals surface area contributed by atoms with Gasteiger partial charge in [-0.15, -0.1) is 10.3 Å². The van der Waals surface area contributed by atoms with Gasteiger partial charge in [-0.25, -0.2) is 0 Å². The molecule has 1 fully saturated rings. The van der Waals surface area contributed by atoms with Crippen molar-refractivity contribution in [2.45, 2.75) is 50.0 Å². The van der Waals surface area contributed by atoms with Crippen LogP contribution < -0.4 is 5.43 Å². The van der Waals surface area contributed by atoms with Crippen LogP contribution in [0.25, 0.3) is 44.0 Å². The fourth-order valence-electron chi connectivity index (χ4n) is 5.49. The highest BCUT2D eigenvalue weighted by Crippen LogP contribution is 2.40. The predicted molar refractivity (Wildman–Crippen MR) is 146 cm³/mol. The Kier molecular flexibility index (Phi) is 5.29. The SMILES string of the molecule is C#Cc1ccc2c(c1)[nH]c1c2c(=O)c2cc(C(C)C)c(-c3cccc(S(=O)(=O)F)c3)cc2n1C1CCC1. The number of hydrogen-bond donors (Lipinski definition) is 1. The zero-order valence-corrected chi connectivity index (χ0v) is 21.3. The Balaban J connectivity index is 1.76. The van der Waals surface area contributed by atoms with Gasteiger partial charge in [0.2, 0.25) is 0 Å². The minimum absolute atomic E-state index is 0.0402. The average molecular weight is 513 g/mol. The van der Waals surface area contributed by atoms with Crippen LogP contribution in [0, 0.1) is 12.3 Å². The van der Waals surface area contributed by atoms with Gasteiger partial charge < -0.3 is 9.55 Å². The van der Waals surface area contributed by atoms with Crippen molar-refractivity contribution in [1.82, 2.24) is 9.55 Å². The minimum atomic E-state index is -4.86. The van der Waals surface area contributed by atoms with E-state index in [4.69, 9.17) is 6.42 Å². The van der Waals surface area contributed by atoms with Crippen molar-refractivity contribution in [2.24, 2.45) is 0 Å². The second kappa shape index (κ2) is 8.32. The summed E-state index contributed by atoms with van der Waals surface area (Å²) in [6, 6.07) is 15.7. The van der Waals surface area contributed by atoms with Gasteiger partial charge in [0, 0.05) is 27.9 Å². The number of hydrogen-bond acceptors (Lipinski definition) is 3. The van der Waals surface area contributed by atoms with E-state index >= 15 is 0 Å². The monoisotopic (exact) mass is 512 g/mol. The molecule has 7 heteroatoms. The number of nitrogens with one attached hydrogen (secondary N) is 1. The van der Waals surface area contributed by atoms with Crippen molar-refractivity contribution in [2.75, 3.05) is 0 Å². The number of aromatic amines is 1.